The number of allylic oxidation sites excluding steroid dienone is 2. The zero-order valence-corrected chi connectivity index (χ0v) is 21.8. The van der Waals surface area contributed by atoms with Crippen LogP contribution in [0.25, 0.3) is 0 Å². The molecule has 0 spiro atoms. The van der Waals surface area contributed by atoms with Gasteiger partial charge in [-0.05, 0) is 56.4 Å². The van der Waals surface area contributed by atoms with Crippen molar-refractivity contribution in [3.63, 3.8) is 0 Å². The number of hydrogen-bond donors (Lipinski definition) is 0. The topological polar surface area (TPSA) is 48.7 Å². The van der Waals surface area contributed by atoms with Crippen LogP contribution in [0.15, 0.2) is 65.3 Å². The van der Waals surface area contributed by atoms with E-state index in [2.05, 4.69) is 19.1 Å². The minimum atomic E-state index is -0.171. The van der Waals surface area contributed by atoms with Gasteiger partial charge in [-0.3, -0.25) is 4.79 Å². The van der Waals surface area contributed by atoms with E-state index in [-0.39, 0.29) is 18.5 Å². The Balaban J connectivity index is 1.56. The van der Waals surface area contributed by atoms with Gasteiger partial charge in [-0.15, -0.1) is 0 Å². The molecule has 0 N–H and O–H groups in total. The normalized spacial score (nSPS) is 12.1. The molecular formula is C31H46O4. The average molecular weight is 483 g/mol. The summed E-state index contributed by atoms with van der Waals surface area (Å²) in [6.07, 6.45) is 22.9. The van der Waals surface area contributed by atoms with Crippen LogP contribution in [0.4, 0.5) is 0 Å². The van der Waals surface area contributed by atoms with Gasteiger partial charge in [0.25, 0.3) is 0 Å². The van der Waals surface area contributed by atoms with Gasteiger partial charge in [-0.1, -0.05) is 88.6 Å². The van der Waals surface area contributed by atoms with Crippen LogP contribution in [0.1, 0.15) is 96.2 Å². The fraction of sp³-hybridized carbons (Fsp3) is 0.581. The van der Waals surface area contributed by atoms with Gasteiger partial charge in [-0.2, -0.15) is 0 Å². The predicted molar refractivity (Wildman–Crippen MR) is 144 cm³/mol. The second kappa shape index (κ2) is 19.8. The van der Waals surface area contributed by atoms with Gasteiger partial charge < -0.3 is 13.9 Å². The fourth-order valence-electron chi connectivity index (χ4n) is 4.20. The molecule has 0 aliphatic carbocycles. The van der Waals surface area contributed by atoms with E-state index < -0.39 is 0 Å². The Morgan fingerprint density at radius 1 is 0.829 bits per heavy atom. The average Bonchev–Trinajstić information content (AvgIpc) is 3.40. The summed E-state index contributed by atoms with van der Waals surface area (Å²) in [6.45, 7) is 2.88. The number of rotatable bonds is 21. The summed E-state index contributed by atoms with van der Waals surface area (Å²) >= 11 is 0. The lowest BCUT2D eigenvalue weighted by atomic mass is 9.96. The fourth-order valence-corrected chi connectivity index (χ4v) is 4.20. The van der Waals surface area contributed by atoms with Gasteiger partial charge in [-0.25, -0.2) is 0 Å². The minimum absolute atomic E-state index is 0.157. The first-order valence-electron chi connectivity index (χ1n) is 13.8. The number of benzene rings is 1. The lowest BCUT2D eigenvalue weighted by Crippen LogP contribution is -2.22. The Morgan fingerprint density at radius 2 is 1.51 bits per heavy atom. The summed E-state index contributed by atoms with van der Waals surface area (Å²) in [7, 11) is 0. The van der Waals surface area contributed by atoms with Crippen molar-refractivity contribution < 1.29 is 18.7 Å². The molecule has 0 aliphatic rings. The summed E-state index contributed by atoms with van der Waals surface area (Å²) in [5, 5.41) is 0. The molecule has 1 aromatic heterocycles. The molecule has 0 saturated carbocycles. The van der Waals surface area contributed by atoms with Gasteiger partial charge in [0.15, 0.2) is 0 Å². The third-order valence-electron chi connectivity index (χ3n) is 6.26. The Kier molecular flexibility index (Phi) is 16.2. The molecule has 0 amide bonds. The van der Waals surface area contributed by atoms with Crippen molar-refractivity contribution in [2.45, 2.75) is 96.8 Å². The first-order valence-corrected chi connectivity index (χ1v) is 13.8. The second-order valence-electron chi connectivity index (χ2n) is 9.33. The summed E-state index contributed by atoms with van der Waals surface area (Å²) in [5.74, 6) is 1.29. The van der Waals surface area contributed by atoms with Gasteiger partial charge >= 0.3 is 5.97 Å². The molecule has 2 aromatic rings. The molecule has 0 bridgehead atoms. The molecule has 1 unspecified atom stereocenters. The van der Waals surface area contributed by atoms with E-state index in [1.807, 2.05) is 42.5 Å². The van der Waals surface area contributed by atoms with Gasteiger partial charge in [0.2, 0.25) is 0 Å². The van der Waals surface area contributed by atoms with Crippen molar-refractivity contribution in [1.82, 2.24) is 0 Å². The molecule has 2 rings (SSSR count). The van der Waals surface area contributed by atoms with Crippen LogP contribution in [-0.2, 0) is 16.0 Å². The summed E-state index contributed by atoms with van der Waals surface area (Å²) in [6, 6.07) is 13.4. The molecule has 4 heteroatoms. The first kappa shape index (κ1) is 28.7. The van der Waals surface area contributed by atoms with Crippen molar-refractivity contribution in [3.8, 4) is 5.75 Å². The zero-order valence-electron chi connectivity index (χ0n) is 21.8. The van der Waals surface area contributed by atoms with Crippen molar-refractivity contribution in [3.05, 3.63) is 66.6 Å². The van der Waals surface area contributed by atoms with Crippen LogP contribution in [0.5, 0.6) is 5.75 Å². The van der Waals surface area contributed by atoms with E-state index in [0.717, 1.165) is 37.2 Å². The maximum Gasteiger partial charge on any atom is 0.309 e. The first-order chi connectivity index (χ1) is 17.3. The zero-order chi connectivity index (χ0) is 24.8. The van der Waals surface area contributed by atoms with Gasteiger partial charge in [0.05, 0.1) is 12.2 Å². The van der Waals surface area contributed by atoms with Crippen LogP contribution < -0.4 is 4.74 Å². The Morgan fingerprint density at radius 3 is 2.20 bits per heavy atom. The minimum Gasteiger partial charge on any atom is -0.490 e. The highest BCUT2D eigenvalue weighted by molar-refractivity contribution is 5.72. The lowest BCUT2D eigenvalue weighted by Gasteiger charge is -2.15. The van der Waals surface area contributed by atoms with Crippen molar-refractivity contribution >= 4 is 5.97 Å². The third-order valence-corrected chi connectivity index (χ3v) is 6.26. The molecule has 1 atom stereocenters. The number of furan rings is 1. The number of ether oxygens (including phenoxy) is 2. The third kappa shape index (κ3) is 14.5. The van der Waals surface area contributed by atoms with Crippen LogP contribution in [-0.4, -0.2) is 19.2 Å². The number of carbonyl (C=O) groups is 1. The summed E-state index contributed by atoms with van der Waals surface area (Å²) in [5.41, 5.74) is 0. The lowest BCUT2D eigenvalue weighted by molar-refractivity contribution is -0.149. The highest BCUT2D eigenvalue weighted by Gasteiger charge is 2.21. The van der Waals surface area contributed by atoms with E-state index in [4.69, 9.17) is 13.9 Å². The molecule has 4 nitrogen and oxygen atoms in total. The van der Waals surface area contributed by atoms with Crippen LogP contribution in [0.2, 0.25) is 0 Å². The number of esters is 1. The largest absolute Gasteiger partial charge is 0.490 e. The van der Waals surface area contributed by atoms with E-state index >= 15 is 0 Å². The number of unbranched alkanes of at least 4 members (excludes halogenated alkanes) is 10. The van der Waals surface area contributed by atoms with Crippen molar-refractivity contribution in [2.24, 2.45) is 5.92 Å². The number of para-hydroxylation sites is 1. The molecule has 0 saturated heterocycles. The van der Waals surface area contributed by atoms with E-state index in [1.165, 1.54) is 57.8 Å². The summed E-state index contributed by atoms with van der Waals surface area (Å²) < 4.78 is 16.6. The monoisotopic (exact) mass is 482 g/mol. The van der Waals surface area contributed by atoms with Gasteiger partial charge in [0, 0.05) is 6.42 Å². The van der Waals surface area contributed by atoms with E-state index in [1.54, 1.807) is 6.26 Å². The molecule has 194 valence electrons. The maximum absolute atomic E-state index is 12.7. The molecule has 0 aliphatic heterocycles. The quantitative estimate of drug-likeness (QED) is 0.101. The Bertz CT molecular complexity index is 767. The SMILES string of the molecule is CCCCCCCC/C=C\CCCCCCC(Cc1ccco1)C(=O)OCCOc1ccccc1. The molecule has 0 fully saturated rings. The van der Waals surface area contributed by atoms with Crippen LogP contribution in [0.3, 0.4) is 0 Å². The van der Waals surface area contributed by atoms with Crippen LogP contribution >= 0.6 is 0 Å². The van der Waals surface area contributed by atoms with Crippen molar-refractivity contribution in [2.75, 3.05) is 13.2 Å². The standard InChI is InChI=1S/C31H46O4/c1-2-3-4-5-6-7-8-9-10-11-12-13-14-16-20-28(27-30-23-19-24-33-30)31(32)35-26-25-34-29-21-17-15-18-22-29/h9-10,15,17-19,21-24,28H,2-8,11-14,16,20,25-27H2,1H3/b10-9-. The molecular weight excluding hydrogens is 436 g/mol. The van der Waals surface area contributed by atoms with Gasteiger partial charge in [0.1, 0.15) is 24.7 Å². The molecule has 1 heterocycles. The number of carbonyl (C=O) groups excluding carboxylic acids is 1. The predicted octanol–water partition coefficient (Wildman–Crippen LogP) is 8.71. The molecule has 1 aromatic carbocycles. The molecule has 35 heavy (non-hydrogen) atoms. The van der Waals surface area contributed by atoms with E-state index in [0.29, 0.717) is 13.0 Å². The van der Waals surface area contributed by atoms with Crippen LogP contribution in [0, 0.1) is 5.92 Å². The Labute approximate surface area is 213 Å². The summed E-state index contributed by atoms with van der Waals surface area (Å²) in [4.78, 5) is 12.7. The molecule has 0 radical (unpaired) electrons. The maximum atomic E-state index is 12.7. The second-order valence-corrected chi connectivity index (χ2v) is 9.33. The smallest absolute Gasteiger partial charge is 0.309 e. The highest BCUT2D eigenvalue weighted by atomic mass is 16.6. The van der Waals surface area contributed by atoms with Crippen molar-refractivity contribution in [1.29, 1.82) is 0 Å². The number of hydrogen-bond acceptors (Lipinski definition) is 4. The van der Waals surface area contributed by atoms with E-state index in [9.17, 15) is 4.79 Å². The highest BCUT2D eigenvalue weighted by Crippen LogP contribution is 2.19. The Hall–Kier alpha value is -2.49.